The molecule has 2 atom stereocenters. The highest BCUT2D eigenvalue weighted by molar-refractivity contribution is 14.0. The molecule has 0 aliphatic carbocycles. The molecule has 1 aromatic rings. The van der Waals surface area contributed by atoms with Gasteiger partial charge in [0.1, 0.15) is 0 Å². The van der Waals surface area contributed by atoms with E-state index in [1.165, 1.54) is 11.1 Å². The van der Waals surface area contributed by atoms with Gasteiger partial charge >= 0.3 is 0 Å². The van der Waals surface area contributed by atoms with Gasteiger partial charge in [0.05, 0.1) is 13.2 Å². The highest BCUT2D eigenvalue weighted by Gasteiger charge is 2.25. The normalized spacial score (nSPS) is 17.6. The van der Waals surface area contributed by atoms with Crippen molar-refractivity contribution in [3.05, 3.63) is 35.4 Å². The van der Waals surface area contributed by atoms with Crippen molar-refractivity contribution < 1.29 is 4.74 Å². The number of hydrogen-bond acceptors (Lipinski definition) is 3. The number of nitrogens with one attached hydrogen (secondary N) is 1. The summed E-state index contributed by atoms with van der Waals surface area (Å²) in [5, 5.41) is 3.18. The average Bonchev–Trinajstić information content (AvgIpc) is 2.54. The van der Waals surface area contributed by atoms with Gasteiger partial charge in [-0.15, -0.1) is 24.0 Å². The maximum Gasteiger partial charge on any atom is 0.188 e. The van der Waals surface area contributed by atoms with Crippen molar-refractivity contribution in [3.63, 3.8) is 0 Å². The monoisotopic (exact) mass is 460 g/mol. The summed E-state index contributed by atoms with van der Waals surface area (Å²) in [5.74, 6) is 1.03. The molecule has 0 radical (unpaired) electrons. The van der Waals surface area contributed by atoms with Crippen LogP contribution in [0.25, 0.3) is 0 Å². The molecule has 1 aliphatic rings. The number of nitrogens with zero attached hydrogens (tertiary/aromatic N) is 2. The van der Waals surface area contributed by atoms with Crippen LogP contribution in [0.2, 0.25) is 0 Å². The molecule has 0 fully saturated rings. The quantitative estimate of drug-likeness (QED) is 0.373. The lowest BCUT2D eigenvalue weighted by Gasteiger charge is -2.37. The molecular formula is C19H33IN4O. The lowest BCUT2D eigenvalue weighted by atomic mass is 9.95. The Labute approximate surface area is 169 Å². The third-order valence-corrected chi connectivity index (χ3v) is 4.66. The minimum Gasteiger partial charge on any atom is -0.383 e. The van der Waals surface area contributed by atoms with Crippen molar-refractivity contribution in [1.82, 2.24) is 10.2 Å². The topological polar surface area (TPSA) is 62.9 Å². The molecule has 0 saturated heterocycles. The fourth-order valence-electron chi connectivity index (χ4n) is 3.33. The second kappa shape index (κ2) is 11.0. The maximum atomic E-state index is 6.02. The number of nitrogens with two attached hydrogens (primary N) is 1. The van der Waals surface area contributed by atoms with Crippen LogP contribution in [0.4, 0.5) is 0 Å². The van der Waals surface area contributed by atoms with Crippen LogP contribution in [-0.2, 0) is 17.7 Å². The Bertz CT molecular complexity index is 550. The van der Waals surface area contributed by atoms with Crippen molar-refractivity contribution in [3.8, 4) is 0 Å². The zero-order valence-corrected chi connectivity index (χ0v) is 18.2. The number of benzene rings is 1. The predicted octanol–water partition coefficient (Wildman–Crippen LogP) is 2.63. The van der Waals surface area contributed by atoms with Gasteiger partial charge in [0.15, 0.2) is 5.96 Å². The first-order chi connectivity index (χ1) is 11.5. The van der Waals surface area contributed by atoms with Crippen LogP contribution in [-0.4, -0.2) is 49.7 Å². The van der Waals surface area contributed by atoms with E-state index in [1.807, 2.05) is 6.92 Å². The summed E-state index contributed by atoms with van der Waals surface area (Å²) >= 11 is 0. The third-order valence-electron chi connectivity index (χ3n) is 4.66. The van der Waals surface area contributed by atoms with Crippen molar-refractivity contribution in [2.75, 3.05) is 26.8 Å². The van der Waals surface area contributed by atoms with E-state index in [0.717, 1.165) is 26.1 Å². The van der Waals surface area contributed by atoms with Crippen molar-refractivity contribution >= 4 is 29.9 Å². The molecule has 1 aliphatic heterocycles. The molecule has 1 aromatic carbocycles. The first kappa shape index (κ1) is 22.2. The molecule has 2 unspecified atom stereocenters. The number of rotatable bonds is 7. The molecule has 142 valence electrons. The van der Waals surface area contributed by atoms with Crippen LogP contribution in [0.3, 0.4) is 0 Å². The van der Waals surface area contributed by atoms with Crippen molar-refractivity contribution in [2.24, 2.45) is 16.6 Å². The summed E-state index contributed by atoms with van der Waals surface area (Å²) in [7, 11) is 1.69. The van der Waals surface area contributed by atoms with E-state index in [0.29, 0.717) is 24.5 Å². The average molecular weight is 460 g/mol. The van der Waals surface area contributed by atoms with E-state index in [1.54, 1.807) is 7.11 Å². The molecule has 2 rings (SSSR count). The van der Waals surface area contributed by atoms with Gasteiger partial charge in [-0.3, -0.25) is 9.89 Å². The standard InChI is InChI=1S/C19H32N4O.HI/c1-14(2)18(11-21-19(20)22-15(3)13-24-4)23-10-9-16-7-5-6-8-17(16)12-23;/h5-8,14-15,18H,9-13H2,1-4H3,(H3,20,21,22);1H. The highest BCUT2D eigenvalue weighted by Crippen LogP contribution is 2.23. The first-order valence-electron chi connectivity index (χ1n) is 8.87. The highest BCUT2D eigenvalue weighted by atomic mass is 127. The Hall–Kier alpha value is -0.860. The molecule has 0 bridgehead atoms. The fourth-order valence-corrected chi connectivity index (χ4v) is 3.33. The number of fused-ring (bicyclic) bond motifs is 1. The molecule has 25 heavy (non-hydrogen) atoms. The Morgan fingerprint density at radius 2 is 1.96 bits per heavy atom. The first-order valence-corrected chi connectivity index (χ1v) is 8.87. The minimum absolute atomic E-state index is 0. The summed E-state index contributed by atoms with van der Waals surface area (Å²) in [4.78, 5) is 7.13. The summed E-state index contributed by atoms with van der Waals surface area (Å²) in [5.41, 5.74) is 8.95. The predicted molar refractivity (Wildman–Crippen MR) is 116 cm³/mol. The summed E-state index contributed by atoms with van der Waals surface area (Å²) in [6.45, 7) is 9.99. The van der Waals surface area contributed by atoms with Crippen LogP contribution in [0.15, 0.2) is 29.3 Å². The van der Waals surface area contributed by atoms with E-state index in [-0.39, 0.29) is 30.0 Å². The molecule has 1 heterocycles. The smallest absolute Gasteiger partial charge is 0.188 e. The van der Waals surface area contributed by atoms with Crippen LogP contribution in [0.5, 0.6) is 0 Å². The number of hydrogen-bond donors (Lipinski definition) is 2. The van der Waals surface area contributed by atoms with Crippen LogP contribution in [0, 0.1) is 5.92 Å². The van der Waals surface area contributed by atoms with Gasteiger partial charge in [0, 0.05) is 32.3 Å². The van der Waals surface area contributed by atoms with E-state index >= 15 is 0 Å². The Balaban J connectivity index is 0.00000312. The van der Waals surface area contributed by atoms with E-state index in [2.05, 4.69) is 53.3 Å². The number of aliphatic imine (C=N–C) groups is 1. The van der Waals surface area contributed by atoms with Crippen LogP contribution >= 0.6 is 24.0 Å². The van der Waals surface area contributed by atoms with Gasteiger partial charge in [-0.25, -0.2) is 0 Å². The largest absolute Gasteiger partial charge is 0.383 e. The lowest BCUT2D eigenvalue weighted by Crippen LogP contribution is -2.45. The van der Waals surface area contributed by atoms with Gasteiger partial charge < -0.3 is 15.8 Å². The van der Waals surface area contributed by atoms with Crippen LogP contribution < -0.4 is 11.1 Å². The second-order valence-corrected chi connectivity index (χ2v) is 7.03. The van der Waals surface area contributed by atoms with E-state index in [9.17, 15) is 0 Å². The molecule has 5 nitrogen and oxygen atoms in total. The minimum atomic E-state index is 0. The van der Waals surface area contributed by atoms with E-state index < -0.39 is 0 Å². The zero-order chi connectivity index (χ0) is 17.5. The lowest BCUT2D eigenvalue weighted by molar-refractivity contribution is 0.144. The third kappa shape index (κ3) is 6.75. The Morgan fingerprint density at radius 3 is 2.60 bits per heavy atom. The number of methoxy groups -OCH3 is 1. The Morgan fingerprint density at radius 1 is 1.28 bits per heavy atom. The van der Waals surface area contributed by atoms with Gasteiger partial charge in [0.2, 0.25) is 0 Å². The summed E-state index contributed by atoms with van der Waals surface area (Å²) in [6.07, 6.45) is 1.11. The number of halogens is 1. The van der Waals surface area contributed by atoms with Crippen molar-refractivity contribution in [2.45, 2.75) is 45.8 Å². The zero-order valence-electron chi connectivity index (χ0n) is 15.9. The molecule has 0 amide bonds. The maximum absolute atomic E-state index is 6.02. The van der Waals surface area contributed by atoms with Gasteiger partial charge in [-0.2, -0.15) is 0 Å². The number of guanidine groups is 1. The molecule has 6 heteroatoms. The fraction of sp³-hybridized carbons (Fsp3) is 0.632. The Kier molecular flexibility index (Phi) is 9.74. The van der Waals surface area contributed by atoms with E-state index in [4.69, 9.17) is 10.5 Å². The molecule has 3 N–H and O–H groups in total. The molecule has 0 spiro atoms. The SMILES string of the molecule is COCC(C)NC(N)=NCC(C(C)C)N1CCc2ccccc2C1.I. The van der Waals surface area contributed by atoms with Crippen molar-refractivity contribution in [1.29, 1.82) is 0 Å². The molecular weight excluding hydrogens is 427 g/mol. The molecule has 0 aromatic heterocycles. The molecule has 0 saturated carbocycles. The van der Waals surface area contributed by atoms with Gasteiger partial charge in [-0.1, -0.05) is 38.1 Å². The summed E-state index contributed by atoms with van der Waals surface area (Å²) < 4.78 is 5.12. The second-order valence-electron chi connectivity index (χ2n) is 7.03. The number of ether oxygens (including phenoxy) is 1. The van der Waals surface area contributed by atoms with Crippen LogP contribution in [0.1, 0.15) is 31.9 Å². The van der Waals surface area contributed by atoms with Gasteiger partial charge in [0.25, 0.3) is 0 Å². The van der Waals surface area contributed by atoms with Gasteiger partial charge in [-0.05, 0) is 30.4 Å². The summed E-state index contributed by atoms with van der Waals surface area (Å²) in [6, 6.07) is 9.31.